The molecule has 0 amide bonds. The van der Waals surface area contributed by atoms with Gasteiger partial charge in [-0.15, -0.1) is 24.0 Å². The van der Waals surface area contributed by atoms with Crippen LogP contribution >= 0.6 is 35.7 Å². The topological polar surface area (TPSA) is 70.6 Å². The van der Waals surface area contributed by atoms with Crippen LogP contribution in [0.15, 0.2) is 58.4 Å². The van der Waals surface area contributed by atoms with Crippen molar-refractivity contribution in [3.8, 4) is 0 Å². The average Bonchev–Trinajstić information content (AvgIpc) is 2.69. The van der Waals surface area contributed by atoms with E-state index in [1.165, 1.54) is 6.07 Å². The van der Waals surface area contributed by atoms with Crippen LogP contribution in [0, 0.1) is 5.82 Å². The largest absolute Gasteiger partial charge is 0.356 e. The number of sulfone groups is 1. The van der Waals surface area contributed by atoms with Gasteiger partial charge in [0.1, 0.15) is 5.82 Å². The Morgan fingerprint density at radius 3 is 2.48 bits per heavy atom. The maximum Gasteiger partial charge on any atom is 0.191 e. The summed E-state index contributed by atoms with van der Waals surface area (Å²) in [7, 11) is -1.62. The lowest BCUT2D eigenvalue weighted by Crippen LogP contribution is -2.37. The average molecular weight is 551 g/mol. The van der Waals surface area contributed by atoms with E-state index in [0.717, 1.165) is 16.9 Å². The van der Waals surface area contributed by atoms with E-state index in [1.54, 1.807) is 61.3 Å². The molecule has 0 unspecified atom stereocenters. The summed E-state index contributed by atoms with van der Waals surface area (Å²) in [5.41, 5.74) is 1.95. The highest BCUT2D eigenvalue weighted by molar-refractivity contribution is 14.0. The Balaban J connectivity index is 0.00000420. The molecule has 0 atom stereocenters. The number of benzene rings is 2. The van der Waals surface area contributed by atoms with Crippen molar-refractivity contribution < 1.29 is 12.8 Å². The summed E-state index contributed by atoms with van der Waals surface area (Å²) in [5, 5.41) is 6.31. The summed E-state index contributed by atoms with van der Waals surface area (Å²) < 4.78 is 38.0. The summed E-state index contributed by atoms with van der Waals surface area (Å²) in [5.74, 6) is 1.14. The van der Waals surface area contributed by atoms with Crippen molar-refractivity contribution in [2.75, 3.05) is 25.6 Å². The van der Waals surface area contributed by atoms with Crippen LogP contribution < -0.4 is 10.6 Å². The predicted octanol–water partition coefficient (Wildman–Crippen LogP) is 3.84. The zero-order valence-corrected chi connectivity index (χ0v) is 20.5. The van der Waals surface area contributed by atoms with Crippen LogP contribution in [-0.4, -0.2) is 40.0 Å². The number of nitrogens with zero attached hydrogens (tertiary/aromatic N) is 1. The summed E-state index contributed by atoms with van der Waals surface area (Å²) >= 11 is 1.64. The number of hydrogen-bond acceptors (Lipinski definition) is 4. The highest BCUT2D eigenvalue weighted by atomic mass is 127. The molecule has 0 saturated heterocycles. The Bertz CT molecular complexity index is 894. The van der Waals surface area contributed by atoms with Crippen molar-refractivity contribution in [1.82, 2.24) is 10.6 Å². The quantitative estimate of drug-likeness (QED) is 0.215. The molecule has 0 spiro atoms. The Morgan fingerprint density at radius 1 is 1.10 bits per heavy atom. The standard InChI is InChI=1S/C20H26FN3O2S2.HI/c1-22-20(24-14-16-9-10-18(21)13-17(16)15-27-2)23-11-6-12-28(25,26)19-7-4-3-5-8-19;/h3-5,7-10,13H,6,11-12,14-15H2,1-2H3,(H2,22,23,24);1H. The van der Waals surface area contributed by atoms with Gasteiger partial charge in [-0.2, -0.15) is 11.8 Å². The lowest BCUT2D eigenvalue weighted by Gasteiger charge is -2.14. The van der Waals surface area contributed by atoms with E-state index in [0.29, 0.717) is 30.4 Å². The molecule has 2 rings (SSSR count). The third kappa shape index (κ3) is 8.51. The monoisotopic (exact) mass is 551 g/mol. The van der Waals surface area contributed by atoms with Crippen LogP contribution in [0.1, 0.15) is 17.5 Å². The fourth-order valence-electron chi connectivity index (χ4n) is 2.67. The third-order valence-electron chi connectivity index (χ3n) is 4.12. The SMILES string of the molecule is CN=C(NCCCS(=O)(=O)c1ccccc1)NCc1ccc(F)cc1CSC.I. The van der Waals surface area contributed by atoms with Gasteiger partial charge in [0.2, 0.25) is 0 Å². The second-order valence-corrected chi connectivity index (χ2v) is 9.16. The molecule has 0 aliphatic heterocycles. The molecule has 0 saturated carbocycles. The molecular weight excluding hydrogens is 524 g/mol. The molecule has 0 bridgehead atoms. The molecule has 2 aromatic rings. The highest BCUT2D eigenvalue weighted by Gasteiger charge is 2.13. The van der Waals surface area contributed by atoms with Gasteiger partial charge in [-0.1, -0.05) is 24.3 Å². The predicted molar refractivity (Wildman–Crippen MR) is 130 cm³/mol. The summed E-state index contributed by atoms with van der Waals surface area (Å²) in [6.45, 7) is 0.991. The van der Waals surface area contributed by atoms with Gasteiger partial charge < -0.3 is 10.6 Å². The van der Waals surface area contributed by atoms with Crippen LogP contribution in [0.25, 0.3) is 0 Å². The van der Waals surface area contributed by atoms with Crippen molar-refractivity contribution >= 4 is 51.5 Å². The number of thioether (sulfide) groups is 1. The molecule has 29 heavy (non-hydrogen) atoms. The maximum absolute atomic E-state index is 13.4. The number of guanidine groups is 1. The zero-order chi connectivity index (χ0) is 20.4. The van der Waals surface area contributed by atoms with Crippen LogP contribution in [0.3, 0.4) is 0 Å². The van der Waals surface area contributed by atoms with Gasteiger partial charge in [0.25, 0.3) is 0 Å². The first-order valence-electron chi connectivity index (χ1n) is 8.95. The van der Waals surface area contributed by atoms with Crippen LogP contribution in [-0.2, 0) is 22.1 Å². The Labute approximate surface area is 193 Å². The van der Waals surface area contributed by atoms with Crippen LogP contribution in [0.5, 0.6) is 0 Å². The Hall–Kier alpha value is -1.33. The normalized spacial score (nSPS) is 11.6. The van der Waals surface area contributed by atoms with Crippen molar-refractivity contribution in [2.45, 2.75) is 23.6 Å². The molecule has 0 fully saturated rings. The highest BCUT2D eigenvalue weighted by Crippen LogP contribution is 2.16. The first-order valence-corrected chi connectivity index (χ1v) is 12.0. The van der Waals surface area contributed by atoms with E-state index in [1.807, 2.05) is 6.26 Å². The molecule has 0 aliphatic rings. The lowest BCUT2D eigenvalue weighted by molar-refractivity contribution is 0.592. The second kappa shape index (κ2) is 13.1. The van der Waals surface area contributed by atoms with E-state index in [9.17, 15) is 12.8 Å². The maximum atomic E-state index is 13.4. The zero-order valence-electron chi connectivity index (χ0n) is 16.5. The van der Waals surface area contributed by atoms with Gasteiger partial charge in [0, 0.05) is 25.9 Å². The van der Waals surface area contributed by atoms with Crippen LogP contribution in [0.4, 0.5) is 4.39 Å². The van der Waals surface area contributed by atoms with E-state index >= 15 is 0 Å². The van der Waals surface area contributed by atoms with E-state index < -0.39 is 9.84 Å². The third-order valence-corrected chi connectivity index (χ3v) is 6.54. The Morgan fingerprint density at radius 2 is 1.83 bits per heavy atom. The molecule has 2 aromatic carbocycles. The Kier molecular flexibility index (Phi) is 11.6. The number of nitrogens with one attached hydrogen (secondary N) is 2. The molecule has 0 aliphatic carbocycles. The number of aliphatic imine (C=N–C) groups is 1. The van der Waals surface area contributed by atoms with Crippen molar-refractivity contribution in [3.63, 3.8) is 0 Å². The molecular formula is C20H27FIN3O2S2. The van der Waals surface area contributed by atoms with Crippen molar-refractivity contribution in [2.24, 2.45) is 4.99 Å². The smallest absolute Gasteiger partial charge is 0.191 e. The summed E-state index contributed by atoms with van der Waals surface area (Å²) in [6.07, 6.45) is 2.44. The molecule has 160 valence electrons. The van der Waals surface area contributed by atoms with Gasteiger partial charge in [0.15, 0.2) is 15.8 Å². The fraction of sp³-hybridized carbons (Fsp3) is 0.350. The van der Waals surface area contributed by atoms with Crippen molar-refractivity contribution in [3.05, 3.63) is 65.5 Å². The van der Waals surface area contributed by atoms with Gasteiger partial charge in [0.05, 0.1) is 10.6 Å². The minimum Gasteiger partial charge on any atom is -0.356 e. The molecule has 2 N–H and O–H groups in total. The van der Waals surface area contributed by atoms with Gasteiger partial charge in [-0.3, -0.25) is 4.99 Å². The van der Waals surface area contributed by atoms with Gasteiger partial charge in [-0.25, -0.2) is 12.8 Å². The molecule has 9 heteroatoms. The molecule has 5 nitrogen and oxygen atoms in total. The fourth-order valence-corrected chi connectivity index (χ4v) is 4.58. The van der Waals surface area contributed by atoms with E-state index in [4.69, 9.17) is 0 Å². The van der Waals surface area contributed by atoms with Crippen molar-refractivity contribution in [1.29, 1.82) is 0 Å². The lowest BCUT2D eigenvalue weighted by atomic mass is 10.1. The van der Waals surface area contributed by atoms with Gasteiger partial charge in [-0.05, 0) is 48.1 Å². The van der Waals surface area contributed by atoms with Crippen LogP contribution in [0.2, 0.25) is 0 Å². The molecule has 0 aromatic heterocycles. The number of hydrogen-bond donors (Lipinski definition) is 2. The second-order valence-electron chi connectivity index (χ2n) is 6.18. The number of halogens is 2. The first kappa shape index (κ1) is 25.7. The molecule has 0 heterocycles. The summed E-state index contributed by atoms with van der Waals surface area (Å²) in [4.78, 5) is 4.50. The first-order chi connectivity index (χ1) is 13.5. The minimum absolute atomic E-state index is 0. The van der Waals surface area contributed by atoms with E-state index in [-0.39, 0.29) is 35.5 Å². The number of rotatable bonds is 9. The minimum atomic E-state index is -3.27. The van der Waals surface area contributed by atoms with Gasteiger partial charge >= 0.3 is 0 Å². The molecule has 0 radical (unpaired) electrons. The summed E-state index contributed by atoms with van der Waals surface area (Å²) in [6, 6.07) is 13.2. The van der Waals surface area contributed by atoms with E-state index in [2.05, 4.69) is 15.6 Å².